The number of hydrogen-bond acceptors (Lipinski definition) is 3. The first kappa shape index (κ1) is 11.4. The molecule has 1 spiro atoms. The monoisotopic (exact) mass is 212 g/mol. The summed E-state index contributed by atoms with van der Waals surface area (Å²) in [7, 11) is 1.79. The van der Waals surface area contributed by atoms with Crippen molar-refractivity contribution < 1.29 is 4.74 Å². The Morgan fingerprint density at radius 1 is 1.47 bits per heavy atom. The molecule has 88 valence electrons. The Bertz CT molecular complexity index is 204. The number of nitrogens with zero attached hydrogens (tertiary/aromatic N) is 1. The van der Waals surface area contributed by atoms with E-state index in [9.17, 15) is 0 Å². The molecule has 1 N–H and O–H groups in total. The van der Waals surface area contributed by atoms with E-state index < -0.39 is 0 Å². The molecular weight excluding hydrogens is 188 g/mol. The smallest absolute Gasteiger partial charge is 0.0474 e. The zero-order valence-corrected chi connectivity index (χ0v) is 10.1. The summed E-state index contributed by atoms with van der Waals surface area (Å²) in [6, 6.07) is 0.682. The van der Waals surface area contributed by atoms with Crippen LogP contribution < -0.4 is 5.32 Å². The summed E-state index contributed by atoms with van der Waals surface area (Å²) in [5.41, 5.74) is 0.637. The van der Waals surface area contributed by atoms with Crippen molar-refractivity contribution in [3.05, 3.63) is 0 Å². The van der Waals surface area contributed by atoms with Gasteiger partial charge in [0.25, 0.3) is 0 Å². The highest BCUT2D eigenvalue weighted by Crippen LogP contribution is 2.46. The Labute approximate surface area is 93.2 Å². The molecule has 2 fully saturated rings. The molecule has 0 aromatic rings. The molecule has 1 saturated heterocycles. The average Bonchev–Trinajstić information content (AvgIpc) is 2.98. The first-order valence-electron chi connectivity index (χ1n) is 6.19. The number of hydrogen-bond donors (Lipinski definition) is 1. The Balaban J connectivity index is 1.83. The van der Waals surface area contributed by atoms with Gasteiger partial charge in [-0.25, -0.2) is 0 Å². The summed E-state index contributed by atoms with van der Waals surface area (Å²) < 4.78 is 5.12. The van der Waals surface area contributed by atoms with E-state index in [0.717, 1.165) is 19.6 Å². The van der Waals surface area contributed by atoms with E-state index in [2.05, 4.69) is 17.1 Å². The van der Waals surface area contributed by atoms with E-state index in [1.54, 1.807) is 7.11 Å². The van der Waals surface area contributed by atoms with Gasteiger partial charge in [-0.05, 0) is 31.6 Å². The summed E-state index contributed by atoms with van der Waals surface area (Å²) in [6.07, 6.45) is 4.01. The number of ether oxygens (including phenoxy) is 1. The standard InChI is InChI=1S/C12H24N2O/c1-11-8-13-9-12(4-5-12)10-14(11)6-3-7-15-2/h11,13H,3-10H2,1-2H3. The molecule has 1 heterocycles. The van der Waals surface area contributed by atoms with Crippen LogP contribution in [0, 0.1) is 5.41 Å². The molecule has 0 aromatic heterocycles. The maximum atomic E-state index is 5.12. The predicted molar refractivity (Wildman–Crippen MR) is 62.1 cm³/mol. The van der Waals surface area contributed by atoms with Crippen molar-refractivity contribution in [3.63, 3.8) is 0 Å². The van der Waals surface area contributed by atoms with E-state index in [0.29, 0.717) is 11.5 Å². The van der Waals surface area contributed by atoms with Crippen molar-refractivity contribution in [2.24, 2.45) is 5.41 Å². The molecule has 15 heavy (non-hydrogen) atoms. The van der Waals surface area contributed by atoms with Crippen LogP contribution in [0.5, 0.6) is 0 Å². The zero-order chi connectivity index (χ0) is 10.7. The van der Waals surface area contributed by atoms with Crippen molar-refractivity contribution in [1.29, 1.82) is 0 Å². The SMILES string of the molecule is COCCCN1CC2(CC2)CNCC1C. The van der Waals surface area contributed by atoms with Gasteiger partial charge in [-0.3, -0.25) is 4.90 Å². The van der Waals surface area contributed by atoms with Crippen LogP contribution in [-0.2, 0) is 4.74 Å². The van der Waals surface area contributed by atoms with Gasteiger partial charge in [0.2, 0.25) is 0 Å². The van der Waals surface area contributed by atoms with Gasteiger partial charge in [0.05, 0.1) is 0 Å². The molecule has 1 unspecified atom stereocenters. The fourth-order valence-corrected chi connectivity index (χ4v) is 2.54. The minimum Gasteiger partial charge on any atom is -0.385 e. The van der Waals surface area contributed by atoms with E-state index in [4.69, 9.17) is 4.74 Å². The maximum absolute atomic E-state index is 5.12. The Hall–Kier alpha value is -0.120. The van der Waals surface area contributed by atoms with Gasteiger partial charge >= 0.3 is 0 Å². The van der Waals surface area contributed by atoms with Gasteiger partial charge in [-0.1, -0.05) is 0 Å². The largest absolute Gasteiger partial charge is 0.385 e. The molecule has 0 radical (unpaired) electrons. The molecule has 3 nitrogen and oxygen atoms in total. The van der Waals surface area contributed by atoms with E-state index in [1.165, 1.54) is 32.5 Å². The van der Waals surface area contributed by atoms with Crippen LogP contribution in [-0.4, -0.2) is 50.8 Å². The molecule has 2 rings (SSSR count). The quantitative estimate of drug-likeness (QED) is 0.706. The third-order valence-electron chi connectivity index (χ3n) is 3.85. The van der Waals surface area contributed by atoms with Gasteiger partial charge in [-0.2, -0.15) is 0 Å². The van der Waals surface area contributed by atoms with Gasteiger partial charge in [0.15, 0.2) is 0 Å². The van der Waals surface area contributed by atoms with Crippen LogP contribution in [0.4, 0.5) is 0 Å². The second-order valence-corrected chi connectivity index (χ2v) is 5.30. The van der Waals surface area contributed by atoms with Crippen LogP contribution in [0.2, 0.25) is 0 Å². The van der Waals surface area contributed by atoms with Crippen molar-refractivity contribution in [2.45, 2.75) is 32.2 Å². The fraction of sp³-hybridized carbons (Fsp3) is 1.00. The molecule has 0 bridgehead atoms. The van der Waals surface area contributed by atoms with Crippen molar-refractivity contribution >= 4 is 0 Å². The Morgan fingerprint density at radius 3 is 2.93 bits per heavy atom. The van der Waals surface area contributed by atoms with Gasteiger partial charge < -0.3 is 10.1 Å². The molecule has 1 aliphatic carbocycles. The van der Waals surface area contributed by atoms with Crippen molar-refractivity contribution in [2.75, 3.05) is 39.9 Å². The zero-order valence-electron chi connectivity index (χ0n) is 10.1. The van der Waals surface area contributed by atoms with E-state index >= 15 is 0 Å². The minimum atomic E-state index is 0.637. The highest BCUT2D eigenvalue weighted by molar-refractivity contribution is 5.00. The first-order chi connectivity index (χ1) is 7.26. The lowest BCUT2D eigenvalue weighted by Gasteiger charge is -2.28. The third kappa shape index (κ3) is 2.92. The molecule has 0 amide bonds. The second-order valence-electron chi connectivity index (χ2n) is 5.30. The third-order valence-corrected chi connectivity index (χ3v) is 3.85. The molecule has 0 aromatic carbocycles. The lowest BCUT2D eigenvalue weighted by Crippen LogP contribution is -2.39. The normalized spacial score (nSPS) is 30.4. The fourth-order valence-electron chi connectivity index (χ4n) is 2.54. The van der Waals surface area contributed by atoms with Crippen LogP contribution >= 0.6 is 0 Å². The van der Waals surface area contributed by atoms with Crippen LogP contribution in [0.3, 0.4) is 0 Å². The van der Waals surface area contributed by atoms with E-state index in [1.807, 2.05) is 0 Å². The number of methoxy groups -OCH3 is 1. The van der Waals surface area contributed by atoms with Crippen molar-refractivity contribution in [1.82, 2.24) is 10.2 Å². The van der Waals surface area contributed by atoms with Crippen molar-refractivity contribution in [3.8, 4) is 0 Å². The highest BCUT2D eigenvalue weighted by atomic mass is 16.5. The topological polar surface area (TPSA) is 24.5 Å². The molecule has 1 aliphatic heterocycles. The van der Waals surface area contributed by atoms with Gasteiger partial charge in [0.1, 0.15) is 0 Å². The van der Waals surface area contributed by atoms with Crippen LogP contribution in [0.25, 0.3) is 0 Å². The van der Waals surface area contributed by atoms with Crippen LogP contribution in [0.1, 0.15) is 26.2 Å². The molecule has 3 heteroatoms. The summed E-state index contributed by atoms with van der Waals surface area (Å²) >= 11 is 0. The molecule has 1 atom stereocenters. The van der Waals surface area contributed by atoms with E-state index in [-0.39, 0.29) is 0 Å². The summed E-state index contributed by atoms with van der Waals surface area (Å²) in [4.78, 5) is 2.64. The summed E-state index contributed by atoms with van der Waals surface area (Å²) in [6.45, 7) is 8.10. The van der Waals surface area contributed by atoms with Crippen LogP contribution in [0.15, 0.2) is 0 Å². The summed E-state index contributed by atoms with van der Waals surface area (Å²) in [5.74, 6) is 0. The predicted octanol–water partition coefficient (Wildman–Crippen LogP) is 1.10. The lowest BCUT2D eigenvalue weighted by atomic mass is 10.1. The number of nitrogens with one attached hydrogen (secondary N) is 1. The molecular formula is C12H24N2O. The Kier molecular flexibility index (Phi) is 3.65. The van der Waals surface area contributed by atoms with Gasteiger partial charge in [-0.15, -0.1) is 0 Å². The lowest BCUT2D eigenvalue weighted by molar-refractivity contribution is 0.147. The first-order valence-corrected chi connectivity index (χ1v) is 6.19. The highest BCUT2D eigenvalue weighted by Gasteiger charge is 2.45. The molecule has 1 saturated carbocycles. The Morgan fingerprint density at radius 2 is 2.27 bits per heavy atom. The minimum absolute atomic E-state index is 0.637. The second kappa shape index (κ2) is 4.81. The molecule has 2 aliphatic rings. The van der Waals surface area contributed by atoms with Gasteiger partial charge in [0, 0.05) is 45.9 Å². The summed E-state index contributed by atoms with van der Waals surface area (Å²) in [5, 5.41) is 3.60. The average molecular weight is 212 g/mol. The number of rotatable bonds is 4. The maximum Gasteiger partial charge on any atom is 0.0474 e.